The molecule has 0 saturated carbocycles. The van der Waals surface area contributed by atoms with Gasteiger partial charge in [0.2, 0.25) is 0 Å². The Morgan fingerprint density at radius 1 is 1.22 bits per heavy atom. The molecule has 1 unspecified atom stereocenters. The van der Waals surface area contributed by atoms with E-state index in [-0.39, 0.29) is 23.1 Å². The van der Waals surface area contributed by atoms with Crippen LogP contribution in [0, 0.1) is 18.3 Å². The average molecular weight is 523 g/mol. The fraction of sp³-hybridized carbons (Fsp3) is 0.407. The second kappa shape index (κ2) is 11.4. The van der Waals surface area contributed by atoms with Crippen molar-refractivity contribution < 1.29 is 9.53 Å². The second-order valence-electron chi connectivity index (χ2n) is 8.90. The normalized spacial score (nSPS) is 18.1. The number of rotatable bonds is 7. The van der Waals surface area contributed by atoms with E-state index in [0.29, 0.717) is 47.6 Å². The van der Waals surface area contributed by atoms with E-state index < -0.39 is 0 Å². The van der Waals surface area contributed by atoms with Gasteiger partial charge in [0.05, 0.1) is 24.2 Å². The molecule has 9 heteroatoms. The largest absolute Gasteiger partial charge is 0.378 e. The van der Waals surface area contributed by atoms with Gasteiger partial charge in [0.1, 0.15) is 21.8 Å². The van der Waals surface area contributed by atoms with Crippen molar-refractivity contribution in [2.45, 2.75) is 46.2 Å². The number of pyridine rings is 1. The fourth-order valence-electron chi connectivity index (χ4n) is 4.61. The van der Waals surface area contributed by atoms with E-state index in [2.05, 4.69) is 17.9 Å². The monoisotopic (exact) mass is 522 g/mol. The number of thiocarbonyl (C=S) groups is 1. The summed E-state index contributed by atoms with van der Waals surface area (Å²) in [6.07, 6.45) is 3.54. The second-order valence-corrected chi connectivity index (χ2v) is 10.6. The molecule has 2 saturated heterocycles. The van der Waals surface area contributed by atoms with E-state index in [4.69, 9.17) is 17.0 Å². The highest BCUT2D eigenvalue weighted by Gasteiger charge is 2.36. The third kappa shape index (κ3) is 4.99. The van der Waals surface area contributed by atoms with Crippen molar-refractivity contribution >= 4 is 46.1 Å². The molecule has 188 valence electrons. The highest BCUT2D eigenvalue weighted by Crippen LogP contribution is 2.39. The molecule has 1 aromatic heterocycles. The van der Waals surface area contributed by atoms with Crippen LogP contribution in [0.4, 0.5) is 5.82 Å². The number of hydrogen-bond donors (Lipinski definition) is 0. The van der Waals surface area contributed by atoms with Crippen LogP contribution < -0.4 is 10.5 Å². The van der Waals surface area contributed by atoms with Gasteiger partial charge in [-0.1, -0.05) is 67.7 Å². The highest BCUT2D eigenvalue weighted by atomic mass is 32.2. The molecule has 2 aromatic rings. The number of morpholine rings is 1. The first kappa shape index (κ1) is 26.1. The Kier molecular flexibility index (Phi) is 8.29. The zero-order valence-electron chi connectivity index (χ0n) is 20.8. The maximum atomic E-state index is 13.6. The number of carbonyl (C=O) groups excluding carboxylic acids is 1. The molecular formula is C27H30N4O3S2. The van der Waals surface area contributed by atoms with Crippen molar-refractivity contribution in [1.29, 1.82) is 5.26 Å². The maximum absolute atomic E-state index is 13.6. The first-order chi connectivity index (χ1) is 17.4. The Bertz CT molecular complexity index is 1290. The van der Waals surface area contributed by atoms with Gasteiger partial charge in [0.25, 0.3) is 11.5 Å². The smallest absolute Gasteiger partial charge is 0.270 e. The zero-order chi connectivity index (χ0) is 25.8. The summed E-state index contributed by atoms with van der Waals surface area (Å²) < 4.78 is 7.76. The SMILES string of the molecule is CCCCn1c(N2CCOCC2)c(C=C2SC(=S)N(C(C)c3ccccc3)C2=O)c(C)c(C#N)c1=O. The van der Waals surface area contributed by atoms with Crippen LogP contribution in [0.15, 0.2) is 40.0 Å². The molecule has 4 rings (SSSR count). The molecule has 2 aliphatic heterocycles. The summed E-state index contributed by atoms with van der Waals surface area (Å²) >= 11 is 6.88. The highest BCUT2D eigenvalue weighted by molar-refractivity contribution is 8.26. The number of ether oxygens (including phenoxy) is 1. The Morgan fingerprint density at radius 2 is 1.92 bits per heavy atom. The van der Waals surface area contributed by atoms with Crippen LogP contribution in [-0.2, 0) is 16.1 Å². The lowest BCUT2D eigenvalue weighted by Gasteiger charge is -2.33. The number of carbonyl (C=O) groups is 1. The van der Waals surface area contributed by atoms with Gasteiger partial charge in [-0.3, -0.25) is 19.1 Å². The summed E-state index contributed by atoms with van der Waals surface area (Å²) in [4.78, 5) is 31.2. The lowest BCUT2D eigenvalue weighted by atomic mass is 10.0. The van der Waals surface area contributed by atoms with Crippen molar-refractivity contribution in [1.82, 2.24) is 9.47 Å². The first-order valence-electron chi connectivity index (χ1n) is 12.2. The van der Waals surface area contributed by atoms with E-state index in [1.54, 1.807) is 16.4 Å². The summed E-state index contributed by atoms with van der Waals surface area (Å²) in [7, 11) is 0. The van der Waals surface area contributed by atoms with E-state index in [1.165, 1.54) is 11.8 Å². The van der Waals surface area contributed by atoms with Crippen LogP contribution in [0.25, 0.3) is 6.08 Å². The van der Waals surface area contributed by atoms with Gasteiger partial charge in [-0.25, -0.2) is 0 Å². The Labute approximate surface area is 221 Å². The predicted octanol–water partition coefficient (Wildman–Crippen LogP) is 4.63. The van der Waals surface area contributed by atoms with Crippen molar-refractivity contribution in [3.8, 4) is 6.07 Å². The van der Waals surface area contributed by atoms with Crippen LogP contribution in [0.3, 0.4) is 0 Å². The minimum absolute atomic E-state index is 0.113. The average Bonchev–Trinajstić information content (AvgIpc) is 3.18. The van der Waals surface area contributed by atoms with Crippen LogP contribution in [0.1, 0.15) is 55.0 Å². The zero-order valence-corrected chi connectivity index (χ0v) is 22.5. The fourth-order valence-corrected chi connectivity index (χ4v) is 6.01. The van der Waals surface area contributed by atoms with Gasteiger partial charge in [-0.2, -0.15) is 5.26 Å². The van der Waals surface area contributed by atoms with E-state index in [1.807, 2.05) is 43.3 Å². The minimum Gasteiger partial charge on any atom is -0.378 e. The number of benzene rings is 1. The Hall–Kier alpha value is -2.93. The van der Waals surface area contributed by atoms with Gasteiger partial charge < -0.3 is 9.64 Å². The number of hydrogen-bond acceptors (Lipinski definition) is 7. The molecule has 0 radical (unpaired) electrons. The molecule has 0 N–H and O–H groups in total. The van der Waals surface area contributed by atoms with E-state index in [0.717, 1.165) is 29.8 Å². The molecule has 2 aliphatic rings. The molecule has 0 aliphatic carbocycles. The first-order valence-corrected chi connectivity index (χ1v) is 13.4. The van der Waals surface area contributed by atoms with Gasteiger partial charge in [-0.05, 0) is 37.5 Å². The third-order valence-corrected chi connectivity index (χ3v) is 7.99. The number of nitrogens with zero attached hydrogens (tertiary/aromatic N) is 4. The van der Waals surface area contributed by atoms with Crippen LogP contribution >= 0.6 is 24.0 Å². The lowest BCUT2D eigenvalue weighted by Crippen LogP contribution is -2.41. The minimum atomic E-state index is -0.285. The maximum Gasteiger partial charge on any atom is 0.270 e. The summed E-state index contributed by atoms with van der Waals surface area (Å²) in [5.41, 5.74) is 2.13. The number of unbranched alkanes of at least 4 members (excludes halogenated alkanes) is 1. The molecule has 0 spiro atoms. The number of nitriles is 1. The molecule has 3 heterocycles. The van der Waals surface area contributed by atoms with Crippen LogP contribution in [0.5, 0.6) is 0 Å². The predicted molar refractivity (Wildman–Crippen MR) is 148 cm³/mol. The standard InChI is InChI=1S/C27H30N4O3S2/c1-4-5-11-30-24(29-12-14-34-15-13-29)21(18(2)22(17-28)25(30)32)16-23-26(33)31(27(35)36-23)19(3)20-9-7-6-8-10-20/h6-10,16,19H,4-5,11-15H2,1-3H3. The lowest BCUT2D eigenvalue weighted by molar-refractivity contribution is -0.123. The molecule has 0 bridgehead atoms. The van der Waals surface area contributed by atoms with Crippen molar-refractivity contribution in [2.24, 2.45) is 0 Å². The van der Waals surface area contributed by atoms with Crippen molar-refractivity contribution in [3.05, 3.63) is 67.8 Å². The Morgan fingerprint density at radius 3 is 2.56 bits per heavy atom. The summed E-state index contributed by atoms with van der Waals surface area (Å²) in [6.45, 7) is 8.68. The summed E-state index contributed by atoms with van der Waals surface area (Å²) in [6, 6.07) is 11.7. The summed E-state index contributed by atoms with van der Waals surface area (Å²) in [5, 5.41) is 9.85. The van der Waals surface area contributed by atoms with Crippen molar-refractivity contribution in [3.63, 3.8) is 0 Å². The quantitative estimate of drug-likeness (QED) is 0.388. The van der Waals surface area contributed by atoms with Gasteiger partial charge in [-0.15, -0.1) is 0 Å². The van der Waals surface area contributed by atoms with Crippen LogP contribution in [0.2, 0.25) is 0 Å². The van der Waals surface area contributed by atoms with E-state index in [9.17, 15) is 14.9 Å². The Balaban J connectivity index is 1.84. The molecule has 1 aromatic carbocycles. The molecule has 2 fully saturated rings. The van der Waals surface area contributed by atoms with Crippen molar-refractivity contribution in [2.75, 3.05) is 31.2 Å². The molecule has 1 amide bonds. The third-order valence-electron chi connectivity index (χ3n) is 6.66. The number of aromatic nitrogens is 1. The molecule has 7 nitrogen and oxygen atoms in total. The van der Waals surface area contributed by atoms with Crippen LogP contribution in [-0.4, -0.2) is 46.0 Å². The summed E-state index contributed by atoms with van der Waals surface area (Å²) in [5.74, 6) is 0.577. The number of thioether (sulfide) groups is 1. The molecule has 1 atom stereocenters. The number of anilines is 1. The van der Waals surface area contributed by atoms with E-state index >= 15 is 0 Å². The van der Waals surface area contributed by atoms with Gasteiger partial charge in [0.15, 0.2) is 0 Å². The molecular weight excluding hydrogens is 492 g/mol. The molecule has 36 heavy (non-hydrogen) atoms. The topological polar surface area (TPSA) is 78.6 Å². The van der Waals surface area contributed by atoms with Gasteiger partial charge >= 0.3 is 0 Å². The van der Waals surface area contributed by atoms with Gasteiger partial charge in [0, 0.05) is 25.2 Å². The number of amides is 1.